The second kappa shape index (κ2) is 8.11. The van der Waals surface area contributed by atoms with Crippen molar-refractivity contribution in [2.45, 2.75) is 46.1 Å². The van der Waals surface area contributed by atoms with E-state index in [1.54, 1.807) is 0 Å². The first-order valence-corrected chi connectivity index (χ1v) is 5.30. The molecule has 2 heteroatoms. The molecule has 2 N–H and O–H groups in total. The minimum atomic E-state index is 0.697. The molecule has 0 atom stereocenters. The minimum absolute atomic E-state index is 0.697. The predicted molar refractivity (Wildman–Crippen MR) is 59.8 cm³/mol. The average molecular weight is 184 g/mol. The van der Waals surface area contributed by atoms with Crippen LogP contribution in [0.3, 0.4) is 0 Å². The Bertz CT molecular complexity index is 137. The van der Waals surface area contributed by atoms with Crippen molar-refractivity contribution in [2.75, 3.05) is 13.6 Å². The summed E-state index contributed by atoms with van der Waals surface area (Å²) in [5.41, 5.74) is 1.40. The molecule has 0 radical (unpaired) electrons. The molecule has 0 aromatic heterocycles. The van der Waals surface area contributed by atoms with Gasteiger partial charge in [0.05, 0.1) is 0 Å². The number of rotatable bonds is 7. The summed E-state index contributed by atoms with van der Waals surface area (Å²) < 4.78 is 0. The second-order valence-corrected chi connectivity index (χ2v) is 3.50. The maximum absolute atomic E-state index is 3.54. The van der Waals surface area contributed by atoms with Crippen LogP contribution in [0.15, 0.2) is 11.8 Å². The molecule has 0 unspecified atom stereocenters. The van der Waals surface area contributed by atoms with Gasteiger partial charge >= 0.3 is 0 Å². The van der Waals surface area contributed by atoms with Gasteiger partial charge in [0, 0.05) is 13.1 Å². The van der Waals surface area contributed by atoms with Gasteiger partial charge in [0.2, 0.25) is 0 Å². The highest BCUT2D eigenvalue weighted by Gasteiger charge is 2.00. The van der Waals surface area contributed by atoms with Crippen LogP contribution < -0.4 is 10.6 Å². The Morgan fingerprint density at radius 1 is 1.31 bits per heavy atom. The largest absolute Gasteiger partial charge is 0.394 e. The van der Waals surface area contributed by atoms with Crippen LogP contribution in [-0.4, -0.2) is 19.6 Å². The van der Waals surface area contributed by atoms with E-state index in [-0.39, 0.29) is 0 Å². The van der Waals surface area contributed by atoms with Crippen LogP contribution in [0.25, 0.3) is 0 Å². The van der Waals surface area contributed by atoms with Crippen molar-refractivity contribution in [3.63, 3.8) is 0 Å². The maximum Gasteiger partial charge on any atom is 0.00619 e. The predicted octanol–water partition coefficient (Wildman–Crippen LogP) is 2.28. The van der Waals surface area contributed by atoms with Crippen molar-refractivity contribution in [3.8, 4) is 0 Å². The lowest BCUT2D eigenvalue weighted by atomic mass is 10.1. The molecule has 2 nitrogen and oxygen atoms in total. The van der Waals surface area contributed by atoms with Crippen LogP contribution in [0.4, 0.5) is 0 Å². The molecule has 0 heterocycles. The van der Waals surface area contributed by atoms with Gasteiger partial charge in [-0.15, -0.1) is 0 Å². The Hall–Kier alpha value is -0.500. The zero-order valence-electron chi connectivity index (χ0n) is 9.48. The van der Waals surface area contributed by atoms with E-state index in [4.69, 9.17) is 0 Å². The molecule has 0 aliphatic carbocycles. The molecule has 0 aliphatic heterocycles. The summed E-state index contributed by atoms with van der Waals surface area (Å²) in [6.45, 7) is 7.72. The van der Waals surface area contributed by atoms with Gasteiger partial charge in [0.25, 0.3) is 0 Å². The highest BCUT2D eigenvalue weighted by molar-refractivity contribution is 4.96. The van der Waals surface area contributed by atoms with E-state index >= 15 is 0 Å². The summed E-state index contributed by atoms with van der Waals surface area (Å²) >= 11 is 0. The van der Waals surface area contributed by atoms with Crippen molar-refractivity contribution in [1.29, 1.82) is 0 Å². The summed E-state index contributed by atoms with van der Waals surface area (Å²) in [5, 5.41) is 6.58. The monoisotopic (exact) mass is 184 g/mol. The third-order valence-corrected chi connectivity index (χ3v) is 2.33. The summed E-state index contributed by atoms with van der Waals surface area (Å²) in [7, 11) is 1.94. The first kappa shape index (κ1) is 12.5. The molecule has 0 aromatic rings. The summed E-state index contributed by atoms with van der Waals surface area (Å²) in [5.74, 6) is 0. The maximum atomic E-state index is 3.54. The number of nitrogens with one attached hydrogen (secondary N) is 2. The molecule has 0 saturated carbocycles. The molecule has 0 aromatic carbocycles. The lowest BCUT2D eigenvalue weighted by Gasteiger charge is -2.14. The van der Waals surface area contributed by atoms with Crippen molar-refractivity contribution in [1.82, 2.24) is 10.6 Å². The van der Waals surface area contributed by atoms with E-state index in [1.807, 2.05) is 7.05 Å². The minimum Gasteiger partial charge on any atom is -0.394 e. The average Bonchev–Trinajstić information content (AvgIpc) is 2.13. The Kier molecular flexibility index (Phi) is 7.80. The van der Waals surface area contributed by atoms with Crippen molar-refractivity contribution in [3.05, 3.63) is 11.8 Å². The summed E-state index contributed by atoms with van der Waals surface area (Å²) in [6.07, 6.45) is 5.66. The zero-order valence-corrected chi connectivity index (χ0v) is 9.48. The van der Waals surface area contributed by atoms with Gasteiger partial charge in [-0.3, -0.25) is 0 Å². The van der Waals surface area contributed by atoms with Gasteiger partial charge in [-0.25, -0.2) is 0 Å². The third-order valence-electron chi connectivity index (χ3n) is 2.33. The lowest BCUT2D eigenvalue weighted by molar-refractivity contribution is 0.487. The van der Waals surface area contributed by atoms with E-state index in [2.05, 4.69) is 37.6 Å². The topological polar surface area (TPSA) is 24.1 Å². The van der Waals surface area contributed by atoms with Crippen LogP contribution in [0.5, 0.6) is 0 Å². The number of hydrogen-bond donors (Lipinski definition) is 2. The number of hydrogen-bond acceptors (Lipinski definition) is 2. The quantitative estimate of drug-likeness (QED) is 0.634. The summed E-state index contributed by atoms with van der Waals surface area (Å²) in [6, 6.07) is 0.697. The van der Waals surface area contributed by atoms with E-state index in [9.17, 15) is 0 Å². The molecule has 0 saturated heterocycles. The van der Waals surface area contributed by atoms with Crippen LogP contribution in [0.2, 0.25) is 0 Å². The standard InChI is InChI=1S/C11H24N2/c1-5-11(6-2)13-8-7-10(3)9-12-4/h9,11-13H,5-8H2,1-4H3/b10-9+. The molecule has 0 bridgehead atoms. The SMILES string of the molecule is CCC(CC)NCC/C(C)=C/NC. The van der Waals surface area contributed by atoms with Gasteiger partial charge in [-0.1, -0.05) is 19.4 Å². The Morgan fingerprint density at radius 3 is 2.38 bits per heavy atom. The normalized spacial score (nSPS) is 12.2. The van der Waals surface area contributed by atoms with E-state index in [0.29, 0.717) is 6.04 Å². The smallest absolute Gasteiger partial charge is 0.00619 e. The van der Waals surface area contributed by atoms with Gasteiger partial charge in [-0.05, 0) is 38.9 Å². The lowest BCUT2D eigenvalue weighted by Crippen LogP contribution is -2.28. The van der Waals surface area contributed by atoms with Gasteiger partial charge in [-0.2, -0.15) is 0 Å². The van der Waals surface area contributed by atoms with Crippen molar-refractivity contribution < 1.29 is 0 Å². The molecular weight excluding hydrogens is 160 g/mol. The molecule has 0 amide bonds. The Morgan fingerprint density at radius 2 is 1.92 bits per heavy atom. The molecule has 0 aliphatic rings. The first-order valence-electron chi connectivity index (χ1n) is 5.30. The molecule has 0 rings (SSSR count). The molecule has 13 heavy (non-hydrogen) atoms. The van der Waals surface area contributed by atoms with Crippen LogP contribution in [0, 0.1) is 0 Å². The van der Waals surface area contributed by atoms with Gasteiger partial charge in [0.1, 0.15) is 0 Å². The first-order chi connectivity index (χ1) is 6.24. The van der Waals surface area contributed by atoms with E-state index in [1.165, 1.54) is 18.4 Å². The second-order valence-electron chi connectivity index (χ2n) is 3.50. The summed E-state index contributed by atoms with van der Waals surface area (Å²) in [4.78, 5) is 0. The van der Waals surface area contributed by atoms with Gasteiger partial charge in [0.15, 0.2) is 0 Å². The fraction of sp³-hybridized carbons (Fsp3) is 0.818. The van der Waals surface area contributed by atoms with Crippen LogP contribution >= 0.6 is 0 Å². The van der Waals surface area contributed by atoms with Crippen molar-refractivity contribution in [2.24, 2.45) is 0 Å². The van der Waals surface area contributed by atoms with Crippen LogP contribution in [0.1, 0.15) is 40.0 Å². The fourth-order valence-corrected chi connectivity index (χ4v) is 1.37. The van der Waals surface area contributed by atoms with Gasteiger partial charge < -0.3 is 10.6 Å². The highest BCUT2D eigenvalue weighted by Crippen LogP contribution is 1.99. The zero-order chi connectivity index (χ0) is 10.1. The fourth-order valence-electron chi connectivity index (χ4n) is 1.37. The highest BCUT2D eigenvalue weighted by atomic mass is 14.9. The molecular formula is C11H24N2. The Balaban J connectivity index is 3.48. The van der Waals surface area contributed by atoms with E-state index < -0.39 is 0 Å². The molecule has 0 fully saturated rings. The molecule has 0 spiro atoms. The van der Waals surface area contributed by atoms with Crippen LogP contribution in [-0.2, 0) is 0 Å². The molecule has 78 valence electrons. The Labute approximate surface area is 82.8 Å². The third kappa shape index (κ3) is 6.64. The van der Waals surface area contributed by atoms with E-state index in [0.717, 1.165) is 13.0 Å². The van der Waals surface area contributed by atoms with Crippen molar-refractivity contribution >= 4 is 0 Å².